The number of fused-ring (bicyclic) bond motifs is 2. The maximum absolute atomic E-state index is 12.2. The smallest absolute Gasteiger partial charge is 0.310 e. The van der Waals surface area contributed by atoms with Crippen molar-refractivity contribution in [2.45, 2.75) is 44.8 Å². The molecule has 0 aromatic heterocycles. The van der Waals surface area contributed by atoms with Gasteiger partial charge in [0.15, 0.2) is 0 Å². The Balaban J connectivity index is 2.10. The highest BCUT2D eigenvalue weighted by molar-refractivity contribution is 7.88. The fraction of sp³-hybridized carbons (Fsp3) is 0.800. The molecule has 24 heavy (non-hydrogen) atoms. The second-order valence-corrected chi connectivity index (χ2v) is 8.25. The molecule has 2 amide bonds. The minimum Gasteiger partial charge on any atom is -0.310 e. The highest BCUT2D eigenvalue weighted by Gasteiger charge is 2.48. The highest BCUT2D eigenvalue weighted by Crippen LogP contribution is 2.30. The molecule has 14 heteroatoms. The molecule has 0 aromatic rings. The summed E-state index contributed by atoms with van der Waals surface area (Å²) in [6.45, 7) is 3.28. The molecular formula is C10H19N5O7S2. The first kappa shape index (κ1) is 18.9. The van der Waals surface area contributed by atoms with Crippen molar-refractivity contribution in [3.8, 4) is 0 Å². The molecule has 2 unspecified atom stereocenters. The molecule has 0 saturated carbocycles. The molecule has 2 fully saturated rings. The normalized spacial score (nSPS) is 24.6. The Kier molecular flexibility index (Phi) is 5.06. The summed E-state index contributed by atoms with van der Waals surface area (Å²) >= 11 is 0. The molecule has 0 radical (unpaired) electrons. The Labute approximate surface area is 139 Å². The quantitative estimate of drug-likeness (QED) is 0.253. The zero-order valence-electron chi connectivity index (χ0n) is 13.0. The Morgan fingerprint density at radius 2 is 1.96 bits per heavy atom. The summed E-state index contributed by atoms with van der Waals surface area (Å²) in [6, 6.07) is -2.71. The number of urea groups is 1. The third-order valence-electron chi connectivity index (χ3n) is 3.47. The average Bonchev–Trinajstić information content (AvgIpc) is 2.60. The number of hydrogen-bond donors (Lipinski definition) is 4. The lowest BCUT2D eigenvalue weighted by Gasteiger charge is -2.30. The number of nitrogens with zero attached hydrogens (tertiary/aromatic N) is 2. The molecule has 2 bridgehead atoms. The van der Waals surface area contributed by atoms with Crippen LogP contribution in [0.15, 0.2) is 0 Å². The molecule has 0 aromatic carbocycles. The second-order valence-electron chi connectivity index (χ2n) is 5.80. The van der Waals surface area contributed by atoms with Crippen LogP contribution in [0, 0.1) is 5.41 Å². The van der Waals surface area contributed by atoms with Gasteiger partial charge < -0.3 is 4.90 Å². The van der Waals surface area contributed by atoms with Gasteiger partial charge in [-0.2, -0.15) is 26.6 Å². The molecule has 0 spiro atoms. The third-order valence-corrected chi connectivity index (χ3v) is 5.09. The third kappa shape index (κ3) is 4.32. The lowest BCUT2D eigenvalue weighted by Crippen LogP contribution is -2.53. The first-order valence-electron chi connectivity index (χ1n) is 7.05. The summed E-state index contributed by atoms with van der Waals surface area (Å²) in [5, 5.41) is 8.45. The summed E-state index contributed by atoms with van der Waals surface area (Å²) in [7, 11) is -8.81. The van der Waals surface area contributed by atoms with Crippen LogP contribution in [-0.4, -0.2) is 67.9 Å². The summed E-state index contributed by atoms with van der Waals surface area (Å²) < 4.78 is 62.5. The van der Waals surface area contributed by atoms with E-state index in [1.807, 2.05) is 4.72 Å². The van der Waals surface area contributed by atoms with Gasteiger partial charge in [-0.1, -0.05) is 0 Å². The number of hydroxylamine groups is 2. The van der Waals surface area contributed by atoms with Crippen LogP contribution in [0.5, 0.6) is 0 Å². The Morgan fingerprint density at radius 1 is 1.33 bits per heavy atom. The zero-order chi connectivity index (χ0) is 18.3. The fourth-order valence-electron chi connectivity index (χ4n) is 2.68. The lowest BCUT2D eigenvalue weighted by molar-refractivity contribution is -0.0316. The Bertz CT molecular complexity index is 735. The number of hydrogen-bond acceptors (Lipinski definition) is 7. The van der Waals surface area contributed by atoms with Crippen molar-refractivity contribution in [1.29, 1.82) is 5.41 Å². The van der Waals surface area contributed by atoms with Crippen LogP contribution in [0.1, 0.15) is 26.7 Å². The van der Waals surface area contributed by atoms with Gasteiger partial charge in [0.1, 0.15) is 5.84 Å². The number of piperidine rings is 1. The van der Waals surface area contributed by atoms with Crippen LogP contribution in [0.3, 0.4) is 0 Å². The number of carbonyl (C=O) groups excluding carboxylic acids is 1. The molecular weight excluding hydrogens is 366 g/mol. The molecule has 12 nitrogen and oxygen atoms in total. The number of rotatable bonds is 6. The van der Waals surface area contributed by atoms with Gasteiger partial charge in [0, 0.05) is 12.6 Å². The Hall–Kier alpha value is -1.48. The van der Waals surface area contributed by atoms with Crippen LogP contribution in [0.4, 0.5) is 4.79 Å². The molecule has 138 valence electrons. The SMILES string of the molecule is CC(C)NS(=O)(=O)NC(=N)C1CCC2CN1C(=O)N2OS(=O)(=O)O. The summed E-state index contributed by atoms with van der Waals surface area (Å²) in [5.74, 6) is -0.413. The van der Waals surface area contributed by atoms with Gasteiger partial charge in [0.25, 0.3) is 10.2 Å². The van der Waals surface area contributed by atoms with Crippen molar-refractivity contribution >= 4 is 32.5 Å². The fourth-order valence-corrected chi connectivity index (χ4v) is 4.18. The van der Waals surface area contributed by atoms with Gasteiger partial charge >= 0.3 is 16.4 Å². The predicted molar refractivity (Wildman–Crippen MR) is 81.4 cm³/mol. The first-order chi connectivity index (χ1) is 10.9. The lowest BCUT2D eigenvalue weighted by atomic mass is 10.0. The van der Waals surface area contributed by atoms with Crippen LogP contribution >= 0.6 is 0 Å². The Morgan fingerprint density at radius 3 is 2.50 bits per heavy atom. The van der Waals surface area contributed by atoms with E-state index in [9.17, 15) is 21.6 Å². The van der Waals surface area contributed by atoms with Crippen molar-refractivity contribution in [2.75, 3.05) is 6.54 Å². The molecule has 2 saturated heterocycles. The molecule has 2 aliphatic rings. The first-order valence-corrected chi connectivity index (χ1v) is 9.90. The zero-order valence-corrected chi connectivity index (χ0v) is 14.6. The van der Waals surface area contributed by atoms with Crippen LogP contribution < -0.4 is 9.44 Å². The number of nitrogens with one attached hydrogen (secondary N) is 3. The van der Waals surface area contributed by atoms with E-state index in [0.29, 0.717) is 5.06 Å². The molecule has 2 atom stereocenters. The highest BCUT2D eigenvalue weighted by atomic mass is 32.3. The van der Waals surface area contributed by atoms with E-state index in [1.165, 1.54) is 0 Å². The maximum Gasteiger partial charge on any atom is 0.418 e. The summed E-state index contributed by atoms with van der Waals surface area (Å²) in [5.41, 5.74) is 0. The van der Waals surface area contributed by atoms with Gasteiger partial charge in [-0.15, -0.1) is 4.28 Å². The topological polar surface area (TPSA) is 169 Å². The van der Waals surface area contributed by atoms with Gasteiger partial charge in [-0.25, -0.2) is 4.79 Å². The second kappa shape index (κ2) is 6.44. The molecule has 4 N–H and O–H groups in total. The monoisotopic (exact) mass is 385 g/mol. The van der Waals surface area contributed by atoms with Crippen molar-refractivity contribution in [2.24, 2.45) is 0 Å². The van der Waals surface area contributed by atoms with Crippen LogP contribution in [0.25, 0.3) is 0 Å². The maximum atomic E-state index is 12.2. The number of amides is 2. The largest absolute Gasteiger partial charge is 0.418 e. The molecule has 0 aliphatic carbocycles. The van der Waals surface area contributed by atoms with Crippen molar-refractivity contribution < 1.29 is 30.5 Å². The standard InChI is InChI=1S/C10H19N5O7S2/c1-6(2)12-23(17,18)13-9(11)8-4-3-7-5-14(8)10(16)15(7)22-24(19,20)21/h6-8,12H,3-5H2,1-2H3,(H2,11,13)(H,19,20,21). The molecule has 2 aliphatic heterocycles. The molecule has 2 rings (SSSR count). The predicted octanol–water partition coefficient (Wildman–Crippen LogP) is -1.20. The van der Waals surface area contributed by atoms with Gasteiger partial charge in [0.2, 0.25) is 0 Å². The van der Waals surface area contributed by atoms with E-state index in [1.54, 1.807) is 13.8 Å². The van der Waals surface area contributed by atoms with Crippen molar-refractivity contribution in [1.82, 2.24) is 19.4 Å². The van der Waals surface area contributed by atoms with Crippen molar-refractivity contribution in [3.05, 3.63) is 0 Å². The van der Waals surface area contributed by atoms with E-state index < -0.39 is 44.6 Å². The van der Waals surface area contributed by atoms with Gasteiger partial charge in [-0.3, -0.25) is 14.7 Å². The van der Waals surface area contributed by atoms with E-state index in [4.69, 9.17) is 9.96 Å². The van der Waals surface area contributed by atoms with Gasteiger partial charge in [-0.05, 0) is 26.7 Å². The minimum absolute atomic E-state index is 0.0563. The molecule has 2 heterocycles. The minimum atomic E-state index is -4.86. The number of carbonyl (C=O) groups is 1. The average molecular weight is 385 g/mol. The van der Waals surface area contributed by atoms with Gasteiger partial charge in [0.05, 0.1) is 12.1 Å². The van der Waals surface area contributed by atoms with E-state index in [0.717, 1.165) is 4.90 Å². The van der Waals surface area contributed by atoms with E-state index in [2.05, 4.69) is 9.01 Å². The number of amidine groups is 1. The van der Waals surface area contributed by atoms with Crippen LogP contribution in [-0.2, 0) is 24.9 Å². The van der Waals surface area contributed by atoms with E-state index in [-0.39, 0.29) is 25.4 Å². The summed E-state index contributed by atoms with van der Waals surface area (Å²) in [6.07, 6.45) is 0.523. The summed E-state index contributed by atoms with van der Waals surface area (Å²) in [4.78, 5) is 13.3. The van der Waals surface area contributed by atoms with E-state index >= 15 is 0 Å². The van der Waals surface area contributed by atoms with Crippen molar-refractivity contribution in [3.63, 3.8) is 0 Å². The van der Waals surface area contributed by atoms with Crippen LogP contribution in [0.2, 0.25) is 0 Å².